The number of hydrogen-bond donors (Lipinski definition) is 1. The van der Waals surface area contributed by atoms with Crippen molar-refractivity contribution in [2.75, 3.05) is 18.4 Å². The number of hydrogen-bond acceptors (Lipinski definition) is 3. The highest BCUT2D eigenvalue weighted by Crippen LogP contribution is 2.11. The number of halogens is 1. The fourth-order valence-corrected chi connectivity index (χ4v) is 2.51. The standard InChI is InChI=1S/C20H20FN3O2/c1-15(25)24(11-9-17-6-2-3-8-19(17)21)12-10-20(26)23-18-7-4-5-16(13-18)14-22/h2-8,13H,9-12H2,1H3,(H,23,26). The second kappa shape index (κ2) is 9.33. The Balaban J connectivity index is 1.87. The molecule has 1 N–H and O–H groups in total. The molecule has 0 saturated carbocycles. The summed E-state index contributed by atoms with van der Waals surface area (Å²) in [5.41, 5.74) is 1.53. The van der Waals surface area contributed by atoms with Crippen LogP contribution in [0.5, 0.6) is 0 Å². The normalized spacial score (nSPS) is 10.0. The topological polar surface area (TPSA) is 73.2 Å². The molecule has 26 heavy (non-hydrogen) atoms. The van der Waals surface area contributed by atoms with Crippen LogP contribution < -0.4 is 5.32 Å². The van der Waals surface area contributed by atoms with Gasteiger partial charge in [0.15, 0.2) is 0 Å². The van der Waals surface area contributed by atoms with Gasteiger partial charge >= 0.3 is 0 Å². The van der Waals surface area contributed by atoms with Crippen molar-refractivity contribution in [1.29, 1.82) is 5.26 Å². The molecule has 0 atom stereocenters. The summed E-state index contributed by atoms with van der Waals surface area (Å²) in [5.74, 6) is -0.719. The van der Waals surface area contributed by atoms with Crippen molar-refractivity contribution in [3.05, 3.63) is 65.5 Å². The lowest BCUT2D eigenvalue weighted by molar-refractivity contribution is -0.129. The summed E-state index contributed by atoms with van der Waals surface area (Å²) in [5, 5.41) is 11.6. The van der Waals surface area contributed by atoms with Crippen LogP contribution in [0.25, 0.3) is 0 Å². The van der Waals surface area contributed by atoms with Crippen LogP contribution in [0.1, 0.15) is 24.5 Å². The van der Waals surface area contributed by atoms with Gasteiger partial charge in [-0.25, -0.2) is 4.39 Å². The first kappa shape index (κ1) is 19.1. The maximum atomic E-state index is 13.7. The third-order valence-electron chi connectivity index (χ3n) is 3.94. The molecule has 0 saturated heterocycles. The smallest absolute Gasteiger partial charge is 0.226 e. The summed E-state index contributed by atoms with van der Waals surface area (Å²) in [4.78, 5) is 25.4. The Labute approximate surface area is 152 Å². The zero-order chi connectivity index (χ0) is 18.9. The lowest BCUT2D eigenvalue weighted by atomic mass is 10.1. The average molecular weight is 353 g/mol. The monoisotopic (exact) mass is 353 g/mol. The molecule has 134 valence electrons. The minimum absolute atomic E-state index is 0.119. The molecule has 2 aromatic carbocycles. The fraction of sp³-hybridized carbons (Fsp3) is 0.250. The van der Waals surface area contributed by atoms with Crippen molar-refractivity contribution < 1.29 is 14.0 Å². The molecule has 0 aromatic heterocycles. The molecule has 0 bridgehead atoms. The molecule has 6 heteroatoms. The highest BCUT2D eigenvalue weighted by Gasteiger charge is 2.12. The van der Waals surface area contributed by atoms with Crippen LogP contribution in [-0.2, 0) is 16.0 Å². The summed E-state index contributed by atoms with van der Waals surface area (Å²) < 4.78 is 13.7. The first-order valence-corrected chi connectivity index (χ1v) is 8.28. The molecule has 2 aromatic rings. The number of rotatable bonds is 7. The summed E-state index contributed by atoms with van der Waals surface area (Å²) >= 11 is 0. The van der Waals surface area contributed by atoms with E-state index in [2.05, 4.69) is 5.32 Å². The summed E-state index contributed by atoms with van der Waals surface area (Å²) in [6, 6.07) is 15.1. The molecule has 2 amide bonds. The molecular weight excluding hydrogens is 333 g/mol. The molecule has 0 aliphatic carbocycles. The van der Waals surface area contributed by atoms with Crippen molar-refractivity contribution >= 4 is 17.5 Å². The van der Waals surface area contributed by atoms with Crippen LogP contribution in [0, 0.1) is 17.1 Å². The molecule has 2 rings (SSSR count). The Morgan fingerprint density at radius 2 is 1.92 bits per heavy atom. The molecule has 0 radical (unpaired) electrons. The number of carbonyl (C=O) groups is 2. The van der Waals surface area contributed by atoms with Crippen LogP contribution in [0.2, 0.25) is 0 Å². The van der Waals surface area contributed by atoms with Crippen LogP contribution in [0.15, 0.2) is 48.5 Å². The van der Waals surface area contributed by atoms with Gasteiger partial charge in [0.1, 0.15) is 5.82 Å². The number of nitrogens with one attached hydrogen (secondary N) is 1. The highest BCUT2D eigenvalue weighted by molar-refractivity contribution is 5.91. The number of nitrogens with zero attached hydrogens (tertiary/aromatic N) is 2. The van der Waals surface area contributed by atoms with Crippen molar-refractivity contribution in [3.63, 3.8) is 0 Å². The van der Waals surface area contributed by atoms with E-state index in [4.69, 9.17) is 5.26 Å². The maximum Gasteiger partial charge on any atom is 0.226 e. The SMILES string of the molecule is CC(=O)N(CCC(=O)Nc1cccc(C#N)c1)CCc1ccccc1F. The molecule has 0 fully saturated rings. The Kier molecular flexibility index (Phi) is 6.86. The van der Waals surface area contributed by atoms with Crippen molar-refractivity contribution in [2.45, 2.75) is 19.8 Å². The van der Waals surface area contributed by atoms with Crippen LogP contribution >= 0.6 is 0 Å². The summed E-state index contributed by atoms with van der Waals surface area (Å²) in [6.45, 7) is 2.01. The molecule has 0 unspecified atom stereocenters. The van der Waals surface area contributed by atoms with E-state index in [1.54, 1.807) is 42.5 Å². The third kappa shape index (κ3) is 5.71. The first-order valence-electron chi connectivity index (χ1n) is 8.28. The molecule has 0 aliphatic rings. The van der Waals surface area contributed by atoms with Gasteiger partial charge in [0, 0.05) is 32.1 Å². The van der Waals surface area contributed by atoms with Crippen molar-refractivity contribution in [1.82, 2.24) is 4.90 Å². The molecule has 0 heterocycles. The van der Waals surface area contributed by atoms with E-state index in [0.717, 1.165) is 0 Å². The van der Waals surface area contributed by atoms with E-state index in [9.17, 15) is 14.0 Å². The molecular formula is C20H20FN3O2. The van der Waals surface area contributed by atoms with Crippen molar-refractivity contribution in [2.24, 2.45) is 0 Å². The van der Waals surface area contributed by atoms with Gasteiger partial charge in [-0.05, 0) is 36.2 Å². The van der Waals surface area contributed by atoms with E-state index < -0.39 is 0 Å². The summed E-state index contributed by atoms with van der Waals surface area (Å²) in [6.07, 6.45) is 0.506. The largest absolute Gasteiger partial charge is 0.342 e. The Bertz CT molecular complexity index is 830. The van der Waals surface area contributed by atoms with Crippen LogP contribution in [0.4, 0.5) is 10.1 Å². The number of carbonyl (C=O) groups excluding carboxylic acids is 2. The van der Waals surface area contributed by atoms with Gasteiger partial charge in [-0.15, -0.1) is 0 Å². The Morgan fingerprint density at radius 3 is 2.62 bits per heavy atom. The first-order chi connectivity index (χ1) is 12.5. The quantitative estimate of drug-likeness (QED) is 0.831. The second-order valence-electron chi connectivity index (χ2n) is 5.84. The Hall–Kier alpha value is -3.20. The second-order valence-corrected chi connectivity index (χ2v) is 5.84. The van der Waals surface area contributed by atoms with Gasteiger partial charge in [-0.3, -0.25) is 9.59 Å². The van der Waals surface area contributed by atoms with Gasteiger partial charge in [-0.1, -0.05) is 24.3 Å². The van der Waals surface area contributed by atoms with E-state index >= 15 is 0 Å². The molecule has 0 aliphatic heterocycles. The van der Waals surface area contributed by atoms with Gasteiger partial charge in [-0.2, -0.15) is 5.26 Å². The van der Waals surface area contributed by atoms with Crippen LogP contribution in [0.3, 0.4) is 0 Å². The number of benzene rings is 2. The maximum absolute atomic E-state index is 13.7. The predicted octanol–water partition coefficient (Wildman–Crippen LogP) is 3.12. The minimum atomic E-state index is -0.300. The van der Waals surface area contributed by atoms with E-state index in [1.165, 1.54) is 17.9 Å². The lowest BCUT2D eigenvalue weighted by Crippen LogP contribution is -2.33. The third-order valence-corrected chi connectivity index (χ3v) is 3.94. The lowest BCUT2D eigenvalue weighted by Gasteiger charge is -2.21. The van der Waals surface area contributed by atoms with Gasteiger partial charge in [0.25, 0.3) is 0 Å². The zero-order valence-electron chi connectivity index (χ0n) is 14.5. The van der Waals surface area contributed by atoms with Gasteiger partial charge in [0.2, 0.25) is 11.8 Å². The van der Waals surface area contributed by atoms with Gasteiger partial charge < -0.3 is 10.2 Å². The van der Waals surface area contributed by atoms with Gasteiger partial charge in [0.05, 0.1) is 11.6 Å². The number of anilines is 1. The van der Waals surface area contributed by atoms with E-state index in [1.807, 2.05) is 6.07 Å². The molecule has 5 nitrogen and oxygen atoms in total. The Morgan fingerprint density at radius 1 is 1.15 bits per heavy atom. The molecule has 0 spiro atoms. The number of nitriles is 1. The average Bonchev–Trinajstić information content (AvgIpc) is 2.62. The zero-order valence-corrected chi connectivity index (χ0v) is 14.5. The van der Waals surface area contributed by atoms with E-state index in [-0.39, 0.29) is 30.6 Å². The predicted molar refractivity (Wildman–Crippen MR) is 96.8 cm³/mol. The number of amides is 2. The van der Waals surface area contributed by atoms with Crippen LogP contribution in [-0.4, -0.2) is 29.8 Å². The minimum Gasteiger partial charge on any atom is -0.342 e. The summed E-state index contributed by atoms with van der Waals surface area (Å²) in [7, 11) is 0. The highest BCUT2D eigenvalue weighted by atomic mass is 19.1. The van der Waals surface area contributed by atoms with E-state index in [0.29, 0.717) is 29.8 Å². The fourth-order valence-electron chi connectivity index (χ4n) is 2.51. The van der Waals surface area contributed by atoms with Crippen molar-refractivity contribution in [3.8, 4) is 6.07 Å².